The predicted octanol–water partition coefficient (Wildman–Crippen LogP) is 3.90. The Labute approximate surface area is 168 Å². The summed E-state index contributed by atoms with van der Waals surface area (Å²) in [5, 5.41) is 3.08. The van der Waals surface area contributed by atoms with E-state index in [9.17, 15) is 4.79 Å². The number of likely N-dealkylation sites (tertiary alicyclic amines) is 1. The highest BCUT2D eigenvalue weighted by molar-refractivity contribution is 5.95. The first-order valence-electron chi connectivity index (χ1n) is 8.64. The first-order valence-corrected chi connectivity index (χ1v) is 8.64. The molecule has 0 spiro atoms. The Morgan fingerprint density at radius 1 is 1.08 bits per heavy atom. The van der Waals surface area contributed by atoms with Gasteiger partial charge >= 0.3 is 0 Å². The molecule has 3 rings (SSSR count). The topological polar surface area (TPSA) is 58.4 Å². The predicted molar refractivity (Wildman–Crippen MR) is 112 cm³/mol. The van der Waals surface area contributed by atoms with E-state index in [1.807, 2.05) is 12.1 Å². The molecule has 0 saturated carbocycles. The minimum atomic E-state index is -0.0486. The summed E-state index contributed by atoms with van der Waals surface area (Å²) in [4.78, 5) is 14.8. The molecule has 3 N–H and O–H groups in total. The van der Waals surface area contributed by atoms with Crippen LogP contribution in [0.3, 0.4) is 0 Å². The fourth-order valence-corrected chi connectivity index (χ4v) is 3.31. The van der Waals surface area contributed by atoms with E-state index < -0.39 is 0 Å². The van der Waals surface area contributed by atoms with Crippen molar-refractivity contribution in [3.63, 3.8) is 0 Å². The van der Waals surface area contributed by atoms with Gasteiger partial charge < -0.3 is 11.1 Å². The van der Waals surface area contributed by atoms with Gasteiger partial charge in [-0.1, -0.05) is 42.8 Å². The Kier molecular flexibility index (Phi) is 9.49. The molecular weight excluding hydrogens is 369 g/mol. The second-order valence-corrected chi connectivity index (χ2v) is 6.44. The lowest BCUT2D eigenvalue weighted by molar-refractivity contribution is 0.0907. The zero-order chi connectivity index (χ0) is 16.8. The molecule has 1 aliphatic heterocycles. The maximum Gasteiger partial charge on any atom is 0.251 e. The van der Waals surface area contributed by atoms with E-state index >= 15 is 0 Å². The molecular formula is C20H27Cl2N3O. The number of nitrogens with zero attached hydrogens (tertiary/aromatic N) is 1. The third-order valence-electron chi connectivity index (χ3n) is 4.62. The minimum absolute atomic E-state index is 0. The van der Waals surface area contributed by atoms with E-state index in [1.165, 1.54) is 18.4 Å². The summed E-state index contributed by atoms with van der Waals surface area (Å²) < 4.78 is 0. The molecule has 142 valence electrons. The molecule has 1 fully saturated rings. The van der Waals surface area contributed by atoms with Crippen molar-refractivity contribution in [1.82, 2.24) is 10.2 Å². The molecule has 4 nitrogen and oxygen atoms in total. The summed E-state index contributed by atoms with van der Waals surface area (Å²) >= 11 is 0. The summed E-state index contributed by atoms with van der Waals surface area (Å²) in [7, 11) is 0. The molecule has 1 amide bonds. The van der Waals surface area contributed by atoms with Gasteiger partial charge in [-0.3, -0.25) is 9.69 Å². The number of piperidine rings is 1. The molecule has 0 aromatic heterocycles. The Morgan fingerprint density at radius 3 is 2.58 bits per heavy atom. The van der Waals surface area contributed by atoms with Gasteiger partial charge in [0.25, 0.3) is 5.91 Å². The van der Waals surface area contributed by atoms with Gasteiger partial charge in [0.1, 0.15) is 0 Å². The third kappa shape index (κ3) is 6.20. The lowest BCUT2D eigenvalue weighted by Crippen LogP contribution is -2.46. The highest BCUT2D eigenvalue weighted by Crippen LogP contribution is 2.19. The molecule has 0 bridgehead atoms. The summed E-state index contributed by atoms with van der Waals surface area (Å²) in [6.07, 6.45) is 3.58. The number of nitrogens with two attached hydrogens (primary N) is 1. The number of carbonyl (C=O) groups is 1. The normalized spacial score (nSPS) is 16.8. The number of nitrogen functional groups attached to an aromatic ring is 1. The largest absolute Gasteiger partial charge is 0.399 e. The lowest BCUT2D eigenvalue weighted by Gasteiger charge is -2.36. The van der Waals surface area contributed by atoms with Crippen molar-refractivity contribution in [2.24, 2.45) is 0 Å². The molecule has 1 atom stereocenters. The summed E-state index contributed by atoms with van der Waals surface area (Å²) in [6.45, 7) is 2.72. The second-order valence-electron chi connectivity index (χ2n) is 6.44. The number of rotatable bonds is 5. The molecule has 0 aliphatic carbocycles. The Bertz CT molecular complexity index is 682. The van der Waals surface area contributed by atoms with Crippen LogP contribution in [-0.2, 0) is 6.54 Å². The SMILES string of the molecule is Cl.Cl.Nc1cccc(C(=O)NCC2CCCCN2Cc2ccccc2)c1. The van der Waals surface area contributed by atoms with E-state index in [-0.39, 0.29) is 30.7 Å². The van der Waals surface area contributed by atoms with Gasteiger partial charge in [-0.25, -0.2) is 0 Å². The van der Waals surface area contributed by atoms with Crippen LogP contribution in [0.1, 0.15) is 35.2 Å². The van der Waals surface area contributed by atoms with Gasteiger partial charge in [0.2, 0.25) is 0 Å². The number of carbonyl (C=O) groups excluding carboxylic acids is 1. The monoisotopic (exact) mass is 395 g/mol. The molecule has 1 unspecified atom stereocenters. The molecule has 2 aromatic carbocycles. The average Bonchev–Trinajstić information content (AvgIpc) is 2.61. The van der Waals surface area contributed by atoms with Crippen molar-refractivity contribution in [2.45, 2.75) is 31.8 Å². The zero-order valence-electron chi connectivity index (χ0n) is 14.8. The number of anilines is 1. The maximum absolute atomic E-state index is 12.3. The van der Waals surface area contributed by atoms with Crippen molar-refractivity contribution in [1.29, 1.82) is 0 Å². The number of nitrogens with one attached hydrogen (secondary N) is 1. The number of hydrogen-bond acceptors (Lipinski definition) is 3. The molecule has 26 heavy (non-hydrogen) atoms. The lowest BCUT2D eigenvalue weighted by atomic mass is 10.0. The van der Waals surface area contributed by atoms with Gasteiger partial charge in [-0.15, -0.1) is 24.8 Å². The van der Waals surface area contributed by atoms with Crippen LogP contribution in [0.2, 0.25) is 0 Å². The van der Waals surface area contributed by atoms with E-state index in [0.29, 0.717) is 23.8 Å². The van der Waals surface area contributed by atoms with Crippen molar-refractivity contribution >= 4 is 36.4 Å². The van der Waals surface area contributed by atoms with Gasteiger partial charge in [0.15, 0.2) is 0 Å². The minimum Gasteiger partial charge on any atom is -0.399 e. The zero-order valence-corrected chi connectivity index (χ0v) is 16.4. The standard InChI is InChI=1S/C20H25N3O.2ClH/c21-18-10-6-9-17(13-18)20(24)22-14-19-11-4-5-12-23(19)15-16-7-2-1-3-8-16;;/h1-3,6-10,13,19H,4-5,11-12,14-15,21H2,(H,22,24);2*1H. The van der Waals surface area contributed by atoms with Crippen LogP contribution < -0.4 is 11.1 Å². The van der Waals surface area contributed by atoms with Crippen LogP contribution in [0, 0.1) is 0 Å². The molecule has 0 radical (unpaired) electrons. The van der Waals surface area contributed by atoms with E-state index in [2.05, 4.69) is 34.5 Å². The van der Waals surface area contributed by atoms with Crippen LogP contribution in [0.4, 0.5) is 5.69 Å². The fraction of sp³-hybridized carbons (Fsp3) is 0.350. The first kappa shape index (κ1) is 22.3. The van der Waals surface area contributed by atoms with Gasteiger partial charge in [-0.05, 0) is 43.1 Å². The number of hydrogen-bond donors (Lipinski definition) is 2. The highest BCUT2D eigenvalue weighted by atomic mass is 35.5. The quantitative estimate of drug-likeness (QED) is 0.754. The van der Waals surface area contributed by atoms with Crippen LogP contribution >= 0.6 is 24.8 Å². The van der Waals surface area contributed by atoms with Gasteiger partial charge in [0.05, 0.1) is 0 Å². The van der Waals surface area contributed by atoms with Crippen molar-refractivity contribution in [3.05, 3.63) is 65.7 Å². The molecule has 1 heterocycles. The van der Waals surface area contributed by atoms with Crippen molar-refractivity contribution in [3.8, 4) is 0 Å². The summed E-state index contributed by atoms with van der Waals surface area (Å²) in [6, 6.07) is 18.0. The number of benzene rings is 2. The second kappa shape index (κ2) is 11.1. The van der Waals surface area contributed by atoms with Crippen LogP contribution in [0.25, 0.3) is 0 Å². The van der Waals surface area contributed by atoms with E-state index in [4.69, 9.17) is 5.73 Å². The summed E-state index contributed by atoms with van der Waals surface area (Å²) in [5.74, 6) is -0.0486. The van der Waals surface area contributed by atoms with E-state index in [1.54, 1.807) is 18.2 Å². The fourth-order valence-electron chi connectivity index (χ4n) is 3.31. The highest BCUT2D eigenvalue weighted by Gasteiger charge is 2.23. The van der Waals surface area contributed by atoms with Crippen LogP contribution in [0.15, 0.2) is 54.6 Å². The Hall–Kier alpha value is -1.75. The van der Waals surface area contributed by atoms with Crippen LogP contribution in [-0.4, -0.2) is 29.9 Å². The van der Waals surface area contributed by atoms with E-state index in [0.717, 1.165) is 19.5 Å². The number of amides is 1. The maximum atomic E-state index is 12.3. The molecule has 1 saturated heterocycles. The molecule has 2 aromatic rings. The smallest absolute Gasteiger partial charge is 0.251 e. The molecule has 1 aliphatic rings. The first-order chi connectivity index (χ1) is 11.7. The Balaban J connectivity index is 0.00000169. The number of halogens is 2. The van der Waals surface area contributed by atoms with Gasteiger partial charge in [-0.2, -0.15) is 0 Å². The summed E-state index contributed by atoms with van der Waals surface area (Å²) in [5.41, 5.74) is 8.32. The average molecular weight is 396 g/mol. The van der Waals surface area contributed by atoms with Crippen LogP contribution in [0.5, 0.6) is 0 Å². The van der Waals surface area contributed by atoms with Crippen molar-refractivity contribution < 1.29 is 4.79 Å². The van der Waals surface area contributed by atoms with Gasteiger partial charge in [0, 0.05) is 30.4 Å². The Morgan fingerprint density at radius 2 is 1.85 bits per heavy atom. The third-order valence-corrected chi connectivity index (χ3v) is 4.62. The molecule has 6 heteroatoms. The van der Waals surface area contributed by atoms with Crippen molar-refractivity contribution in [2.75, 3.05) is 18.8 Å².